The first-order chi connectivity index (χ1) is 17.8. The van der Waals surface area contributed by atoms with Crippen LogP contribution in [0.3, 0.4) is 0 Å². The summed E-state index contributed by atoms with van der Waals surface area (Å²) in [6.45, 7) is 7.19. The number of carbonyl (C=O) groups excluding carboxylic acids is 2. The van der Waals surface area contributed by atoms with Crippen molar-refractivity contribution in [3.8, 4) is 5.75 Å². The van der Waals surface area contributed by atoms with Gasteiger partial charge in [0.1, 0.15) is 18.1 Å². The van der Waals surface area contributed by atoms with Gasteiger partial charge in [-0.15, -0.1) is 0 Å². The molecule has 1 amide bonds. The molecule has 37 heavy (non-hydrogen) atoms. The highest BCUT2D eigenvalue weighted by atomic mass is 16.5. The second-order valence-corrected chi connectivity index (χ2v) is 9.55. The van der Waals surface area contributed by atoms with E-state index in [0.717, 1.165) is 22.3 Å². The van der Waals surface area contributed by atoms with Crippen molar-refractivity contribution in [1.82, 2.24) is 4.90 Å². The number of benzene rings is 3. The minimum Gasteiger partial charge on any atom is -0.507 e. The van der Waals surface area contributed by atoms with Crippen LogP contribution < -0.4 is 4.74 Å². The lowest BCUT2D eigenvalue weighted by molar-refractivity contribution is -0.140. The molecule has 1 aliphatic heterocycles. The maximum absolute atomic E-state index is 13.1. The Labute approximate surface area is 218 Å². The number of nitrogens with zero attached hydrogens (tertiary/aromatic N) is 1. The van der Waals surface area contributed by atoms with Crippen LogP contribution in [-0.2, 0) is 20.9 Å². The molecule has 1 aliphatic rings. The first-order valence-corrected chi connectivity index (χ1v) is 12.5. The summed E-state index contributed by atoms with van der Waals surface area (Å²) in [6.07, 6.45) is 0. The zero-order chi connectivity index (χ0) is 26.5. The number of aliphatic hydroxyl groups is 1. The van der Waals surface area contributed by atoms with E-state index in [1.165, 1.54) is 4.90 Å². The maximum Gasteiger partial charge on any atom is 0.295 e. The van der Waals surface area contributed by atoms with E-state index in [9.17, 15) is 14.7 Å². The van der Waals surface area contributed by atoms with Crippen molar-refractivity contribution < 1.29 is 24.2 Å². The first-order valence-electron chi connectivity index (χ1n) is 12.5. The molecule has 1 N–H and O–H groups in total. The molecular formula is C31H33NO5. The number of ether oxygens (including phenoxy) is 2. The average molecular weight is 500 g/mol. The van der Waals surface area contributed by atoms with Crippen LogP contribution in [0.15, 0.2) is 78.4 Å². The molecular weight excluding hydrogens is 466 g/mol. The van der Waals surface area contributed by atoms with Gasteiger partial charge in [0.25, 0.3) is 11.7 Å². The predicted molar refractivity (Wildman–Crippen MR) is 143 cm³/mol. The summed E-state index contributed by atoms with van der Waals surface area (Å²) in [5.74, 6) is -0.565. The minimum atomic E-state index is -0.702. The third-order valence-corrected chi connectivity index (χ3v) is 6.78. The zero-order valence-electron chi connectivity index (χ0n) is 21.7. The number of aryl methyl sites for hydroxylation is 1. The molecule has 0 radical (unpaired) electrons. The number of amides is 1. The summed E-state index contributed by atoms with van der Waals surface area (Å²) < 4.78 is 11.1. The topological polar surface area (TPSA) is 76.1 Å². The normalized spacial score (nSPS) is 17.0. The molecule has 6 nitrogen and oxygen atoms in total. The number of likely N-dealkylation sites (tertiary alicyclic amines) is 1. The number of hydrogen-bond donors (Lipinski definition) is 1. The van der Waals surface area contributed by atoms with Crippen LogP contribution in [-0.4, -0.2) is 42.0 Å². The van der Waals surface area contributed by atoms with E-state index in [0.29, 0.717) is 23.8 Å². The van der Waals surface area contributed by atoms with Crippen LogP contribution in [0.4, 0.5) is 0 Å². The van der Waals surface area contributed by atoms with Crippen molar-refractivity contribution in [2.75, 3.05) is 20.3 Å². The Bertz CT molecular complexity index is 1290. The highest BCUT2D eigenvalue weighted by Crippen LogP contribution is 2.39. The van der Waals surface area contributed by atoms with Gasteiger partial charge in [0.2, 0.25) is 0 Å². The van der Waals surface area contributed by atoms with Gasteiger partial charge in [0.05, 0.1) is 18.2 Å². The first kappa shape index (κ1) is 26.2. The van der Waals surface area contributed by atoms with E-state index in [4.69, 9.17) is 9.47 Å². The highest BCUT2D eigenvalue weighted by Gasteiger charge is 2.45. The van der Waals surface area contributed by atoms with E-state index in [1.54, 1.807) is 31.4 Å². The van der Waals surface area contributed by atoms with Gasteiger partial charge in [-0.25, -0.2) is 0 Å². The quantitative estimate of drug-likeness (QED) is 0.230. The summed E-state index contributed by atoms with van der Waals surface area (Å²) >= 11 is 0. The molecule has 6 heteroatoms. The van der Waals surface area contributed by atoms with Gasteiger partial charge in [0, 0.05) is 19.2 Å². The Kier molecular flexibility index (Phi) is 8.09. The van der Waals surface area contributed by atoms with Crippen molar-refractivity contribution in [1.29, 1.82) is 0 Å². The molecule has 3 aromatic carbocycles. The number of Topliss-reactive ketones (excluding diaryl/α,β-unsaturated/α-hetero) is 1. The van der Waals surface area contributed by atoms with Gasteiger partial charge in [0.15, 0.2) is 0 Å². The van der Waals surface area contributed by atoms with Gasteiger partial charge in [-0.05, 0) is 59.4 Å². The second-order valence-electron chi connectivity index (χ2n) is 9.55. The molecule has 1 saturated heterocycles. The maximum atomic E-state index is 13.1. The van der Waals surface area contributed by atoms with Crippen molar-refractivity contribution in [2.45, 2.75) is 39.3 Å². The summed E-state index contributed by atoms with van der Waals surface area (Å²) in [6, 6.07) is 22.0. The van der Waals surface area contributed by atoms with E-state index in [1.807, 2.05) is 55.5 Å². The van der Waals surface area contributed by atoms with Crippen molar-refractivity contribution >= 4 is 17.4 Å². The third kappa shape index (κ3) is 5.59. The summed E-state index contributed by atoms with van der Waals surface area (Å²) in [4.78, 5) is 27.6. The summed E-state index contributed by atoms with van der Waals surface area (Å²) in [5.41, 5.74) is 4.67. The molecule has 4 rings (SSSR count). The number of aliphatic hydroxyl groups excluding tert-OH is 1. The molecule has 1 unspecified atom stereocenters. The van der Waals surface area contributed by atoms with Crippen molar-refractivity contribution in [3.05, 3.63) is 106 Å². The minimum absolute atomic E-state index is 0.0759. The molecule has 1 heterocycles. The SMILES string of the molecule is COCCN1C(=O)C(=O)/C(=C(/O)c2ccc(OCc3ccccc3C)cc2)C1c1ccc(C(C)C)cc1. The Hall–Kier alpha value is -3.90. The fraction of sp³-hybridized carbons (Fsp3) is 0.290. The van der Waals surface area contributed by atoms with Gasteiger partial charge in [-0.3, -0.25) is 9.59 Å². The van der Waals surface area contributed by atoms with Crippen LogP contribution in [0, 0.1) is 6.92 Å². The van der Waals surface area contributed by atoms with E-state index >= 15 is 0 Å². The monoisotopic (exact) mass is 499 g/mol. The van der Waals surface area contributed by atoms with Gasteiger partial charge < -0.3 is 19.5 Å². The lowest BCUT2D eigenvalue weighted by Gasteiger charge is -2.25. The molecule has 0 aliphatic carbocycles. The fourth-order valence-corrected chi connectivity index (χ4v) is 4.51. The molecule has 192 valence electrons. The average Bonchev–Trinajstić information content (AvgIpc) is 3.16. The lowest BCUT2D eigenvalue weighted by Crippen LogP contribution is -2.32. The van der Waals surface area contributed by atoms with Gasteiger partial charge in [-0.2, -0.15) is 0 Å². The number of methoxy groups -OCH3 is 1. The standard InChI is InChI=1S/C31H33NO5/c1-20(2)22-9-11-23(12-10-22)28-27(30(34)31(35)32(28)17-18-36-4)29(33)24-13-15-26(16-14-24)37-19-25-8-6-5-7-21(25)3/h5-16,20,28,33H,17-19H2,1-4H3/b29-27+. The lowest BCUT2D eigenvalue weighted by atomic mass is 9.93. The Morgan fingerprint density at radius 2 is 1.65 bits per heavy atom. The number of hydrogen-bond acceptors (Lipinski definition) is 5. The molecule has 1 fully saturated rings. The van der Waals surface area contributed by atoms with E-state index in [-0.39, 0.29) is 24.5 Å². The zero-order valence-corrected chi connectivity index (χ0v) is 21.7. The molecule has 1 atom stereocenters. The Morgan fingerprint density at radius 1 is 0.973 bits per heavy atom. The van der Waals surface area contributed by atoms with Crippen LogP contribution in [0.1, 0.15) is 53.6 Å². The van der Waals surface area contributed by atoms with Crippen LogP contribution in [0.25, 0.3) is 5.76 Å². The second kappa shape index (κ2) is 11.4. The Balaban J connectivity index is 1.65. The van der Waals surface area contributed by atoms with Gasteiger partial charge in [-0.1, -0.05) is 62.4 Å². The van der Waals surface area contributed by atoms with E-state index in [2.05, 4.69) is 13.8 Å². The largest absolute Gasteiger partial charge is 0.507 e. The number of ketones is 1. The molecule has 0 aromatic heterocycles. The molecule has 0 bridgehead atoms. The smallest absolute Gasteiger partial charge is 0.295 e. The number of rotatable bonds is 9. The van der Waals surface area contributed by atoms with Crippen LogP contribution in [0.5, 0.6) is 5.75 Å². The van der Waals surface area contributed by atoms with Crippen molar-refractivity contribution in [3.63, 3.8) is 0 Å². The van der Waals surface area contributed by atoms with Crippen LogP contribution >= 0.6 is 0 Å². The molecule has 0 spiro atoms. The van der Waals surface area contributed by atoms with Crippen molar-refractivity contribution in [2.24, 2.45) is 0 Å². The highest BCUT2D eigenvalue weighted by molar-refractivity contribution is 6.46. The van der Waals surface area contributed by atoms with E-state index < -0.39 is 17.7 Å². The summed E-state index contributed by atoms with van der Waals surface area (Å²) in [7, 11) is 1.55. The third-order valence-electron chi connectivity index (χ3n) is 6.78. The Morgan fingerprint density at radius 3 is 2.27 bits per heavy atom. The molecule has 3 aromatic rings. The predicted octanol–water partition coefficient (Wildman–Crippen LogP) is 5.77. The van der Waals surface area contributed by atoms with Gasteiger partial charge >= 0.3 is 0 Å². The fourth-order valence-electron chi connectivity index (χ4n) is 4.51. The summed E-state index contributed by atoms with van der Waals surface area (Å²) in [5, 5.41) is 11.3. The van der Waals surface area contributed by atoms with Crippen LogP contribution in [0.2, 0.25) is 0 Å². The number of carbonyl (C=O) groups is 2. The molecule has 0 saturated carbocycles.